The van der Waals surface area contributed by atoms with Crippen molar-refractivity contribution in [1.82, 2.24) is 0 Å². The van der Waals surface area contributed by atoms with Gasteiger partial charge in [-0.3, -0.25) is 0 Å². The van der Waals surface area contributed by atoms with Crippen LogP contribution in [0.2, 0.25) is 0 Å². The summed E-state index contributed by atoms with van der Waals surface area (Å²) in [5.41, 5.74) is 0. The highest BCUT2D eigenvalue weighted by Gasteiger charge is 1.57. The molecule has 0 bridgehead atoms. The van der Waals surface area contributed by atoms with Crippen LogP contribution in [0.25, 0.3) is 0 Å². The van der Waals surface area contributed by atoms with E-state index in [2.05, 4.69) is 4.74 Å². The van der Waals surface area contributed by atoms with Crippen LogP contribution in [0.3, 0.4) is 0 Å². The lowest BCUT2D eigenvalue weighted by molar-refractivity contribution is 0.258. The standard InChI is InChI=1S/C2H7OP/c1-3-2-4/h2,4H2,1H3/p+1/i4T2/hT. The second kappa shape index (κ2) is 3.39. The van der Waals surface area contributed by atoms with Crippen molar-refractivity contribution in [3.8, 4) is 0 Å². The summed E-state index contributed by atoms with van der Waals surface area (Å²) in [6.45, 7) is 0. The second-order valence-corrected chi connectivity index (χ2v) is 0.676. The molecule has 0 amide bonds. The lowest BCUT2D eigenvalue weighted by Gasteiger charge is -1.71. The number of hydrogen-bond acceptors (Lipinski definition) is 1. The monoisotopic (exact) mass is 85.1 g/mol. The molecule has 0 fully saturated rings. The Labute approximate surface area is 32.4 Å². The molecule has 0 aliphatic rings. The second-order valence-electron chi connectivity index (χ2n) is 0.418. The zero-order chi connectivity index (χ0) is 5.91. The van der Waals surface area contributed by atoms with E-state index >= 15 is 0 Å². The number of rotatable bonds is 2. The van der Waals surface area contributed by atoms with Crippen LogP contribution in [0.1, 0.15) is 0 Å². The maximum Gasteiger partial charge on any atom is 0.265 e. The molecule has 0 atom stereocenters. The fourth-order valence-electron chi connectivity index (χ4n) is 0. The summed E-state index contributed by atoms with van der Waals surface area (Å²) < 4.78 is 24.3. The average molecular weight is 85.1 g/mol. The fraction of sp³-hybridized carbons (Fsp3) is 1.00. The summed E-state index contributed by atoms with van der Waals surface area (Å²) in [6.07, 6.45) is -0.0486. The van der Waals surface area contributed by atoms with E-state index in [1.165, 1.54) is 7.11 Å². The van der Waals surface area contributed by atoms with Gasteiger partial charge < -0.3 is 4.74 Å². The molecule has 0 aromatic rings. The van der Waals surface area contributed by atoms with Crippen molar-refractivity contribution in [2.24, 2.45) is 0 Å². The highest BCUT2D eigenvalue weighted by Crippen LogP contribution is 1.73. The van der Waals surface area contributed by atoms with E-state index in [1.54, 1.807) is 0 Å². The van der Waals surface area contributed by atoms with Crippen molar-refractivity contribution in [2.75, 3.05) is 13.5 Å². The maximum atomic E-state index is 6.65. The lowest BCUT2D eigenvalue weighted by atomic mass is 11.5. The Kier molecular flexibility index (Phi) is 1.05. The summed E-state index contributed by atoms with van der Waals surface area (Å²) in [4.78, 5) is 0. The van der Waals surface area contributed by atoms with Gasteiger partial charge in [0.2, 0.25) is 0 Å². The van der Waals surface area contributed by atoms with Crippen molar-refractivity contribution < 1.29 is 4.74 Å². The molecule has 0 unspecified atom stereocenters. The molecule has 1 nitrogen and oxygen atoms in total. The van der Waals surface area contributed by atoms with Crippen molar-refractivity contribution in [3.05, 3.63) is 0 Å². The molecular formula is C2H8OP+. The SMILES string of the molecule is [3H][P+]([3H])([3H])COC. The van der Waals surface area contributed by atoms with Crippen molar-refractivity contribution >= 4 is 9.08 Å². The fourth-order valence-corrected chi connectivity index (χ4v) is 0. The third kappa shape index (κ3) is 2.39. The van der Waals surface area contributed by atoms with E-state index in [-0.39, 0.29) is 6.35 Å². The highest BCUT2D eigenvalue weighted by molar-refractivity contribution is 7.16. The molecule has 0 N–H and O–H groups in total. The minimum absolute atomic E-state index is 0.0486. The summed E-state index contributed by atoms with van der Waals surface area (Å²) in [5, 5.41) is 0. The highest BCUT2D eigenvalue weighted by atomic mass is 31.0. The summed E-state index contributed by atoms with van der Waals surface area (Å²) in [7, 11) is -1.49. The molecule has 0 saturated heterocycles. The van der Waals surface area contributed by atoms with Gasteiger partial charge in [0.15, 0.2) is 0 Å². The van der Waals surface area contributed by atoms with Crippen LogP contribution >= 0.6 is 9.08 Å². The zero-order valence-corrected chi connectivity index (χ0v) is 3.46. The smallest absolute Gasteiger partial charge is 0.265 e. The van der Waals surface area contributed by atoms with Crippen LogP contribution in [0, 0.1) is 0 Å². The van der Waals surface area contributed by atoms with Gasteiger partial charge in [-0.15, -0.1) is 0 Å². The zero-order valence-electron chi connectivity index (χ0n) is 5.56. The molecule has 0 aliphatic carbocycles. The Balaban J connectivity index is 3.15. The van der Waals surface area contributed by atoms with Crippen LogP contribution in [0.15, 0.2) is 0 Å². The molecule has 0 heterocycles. The number of ether oxygens (including phenoxy) is 1. The van der Waals surface area contributed by atoms with Crippen molar-refractivity contribution in [2.45, 2.75) is 0 Å². The predicted octanol–water partition coefficient (Wildman–Crippen LogP) is 0.198. The summed E-state index contributed by atoms with van der Waals surface area (Å²) >= 11 is 0. The quantitative estimate of drug-likeness (QED) is 0.435. The normalized spacial score (nSPS) is 21.8. The Morgan fingerprint density at radius 2 is 3.25 bits per heavy atom. The van der Waals surface area contributed by atoms with E-state index in [1.807, 2.05) is 0 Å². The van der Waals surface area contributed by atoms with Crippen LogP contribution in [-0.2, 0) is 4.74 Å². The van der Waals surface area contributed by atoms with Gasteiger partial charge in [0.1, 0.15) is 6.35 Å². The van der Waals surface area contributed by atoms with E-state index in [0.29, 0.717) is 0 Å². The average Bonchev–Trinajstić information content (AvgIpc) is 1.30. The van der Waals surface area contributed by atoms with Gasteiger partial charge in [-0.05, 0) is 0 Å². The largest absolute Gasteiger partial charge is 0.350 e. The number of hydrogen-bond donors (Lipinski definition) is 0. The van der Waals surface area contributed by atoms with Gasteiger partial charge in [-0.1, -0.05) is 0 Å². The van der Waals surface area contributed by atoms with Crippen LogP contribution in [0.4, 0.5) is 0 Å². The van der Waals surface area contributed by atoms with Gasteiger partial charge >= 0.3 is 0 Å². The van der Waals surface area contributed by atoms with Crippen LogP contribution < -0.4 is 0 Å². The van der Waals surface area contributed by atoms with Gasteiger partial charge in [0.25, 0.3) is 3.84 Å². The first-order valence-electron chi connectivity index (χ1n) is 2.35. The molecule has 0 aromatic carbocycles. The molecule has 0 rings (SSSR count). The third-order valence-corrected chi connectivity index (χ3v) is 0.387. The molecule has 0 saturated carbocycles. The molecule has 0 aliphatic heterocycles. The molecule has 4 heavy (non-hydrogen) atoms. The summed E-state index contributed by atoms with van der Waals surface area (Å²) in [6, 6.07) is 0. The van der Waals surface area contributed by atoms with Gasteiger partial charge in [-0.2, -0.15) is 0 Å². The molecule has 26 valence electrons. The summed E-state index contributed by atoms with van der Waals surface area (Å²) in [5.74, 6) is 0. The first kappa shape index (κ1) is 1.24. The van der Waals surface area contributed by atoms with E-state index in [9.17, 15) is 0 Å². The molecule has 0 radical (unpaired) electrons. The lowest BCUT2D eigenvalue weighted by Crippen LogP contribution is -1.67. The first-order valence-corrected chi connectivity index (χ1v) is 1.65. The number of methoxy groups -OCH3 is 1. The van der Waals surface area contributed by atoms with E-state index in [0.717, 1.165) is 0 Å². The minimum atomic E-state index is -2.89. The predicted molar refractivity (Wildman–Crippen MR) is 23.0 cm³/mol. The van der Waals surface area contributed by atoms with Crippen LogP contribution in [-0.4, -0.2) is 17.3 Å². The Hall–Kier alpha value is 0.390. The minimum Gasteiger partial charge on any atom is -0.350 e. The Bertz CT molecular complexity index is 51.4. The van der Waals surface area contributed by atoms with Gasteiger partial charge in [-0.25, -0.2) is 0 Å². The maximum absolute atomic E-state index is 6.65. The van der Waals surface area contributed by atoms with E-state index in [4.69, 9.17) is 3.84 Å². The van der Waals surface area contributed by atoms with Crippen LogP contribution in [0.5, 0.6) is 0 Å². The molecule has 0 aromatic heterocycles. The first-order chi connectivity index (χ1) is 3.06. The molecule has 0 spiro atoms. The topological polar surface area (TPSA) is 9.23 Å². The third-order valence-electron chi connectivity index (χ3n) is 0.129. The Morgan fingerprint density at radius 1 is 2.50 bits per heavy atom. The van der Waals surface area contributed by atoms with Crippen molar-refractivity contribution in [3.63, 3.8) is 0 Å². The van der Waals surface area contributed by atoms with E-state index < -0.39 is 9.08 Å². The Morgan fingerprint density at radius 3 is 3.25 bits per heavy atom. The molecule has 2 heteroatoms. The van der Waals surface area contributed by atoms with Gasteiger partial charge in [0, 0.05) is 16.2 Å². The van der Waals surface area contributed by atoms with Crippen molar-refractivity contribution in [1.29, 1.82) is 3.84 Å². The molecular weight excluding hydrogens is 71.0 g/mol. The van der Waals surface area contributed by atoms with Gasteiger partial charge in [0.05, 0.1) is 0 Å².